The molecule has 0 aliphatic heterocycles. The zero-order valence-electron chi connectivity index (χ0n) is 10.3. The van der Waals surface area contributed by atoms with Crippen molar-refractivity contribution in [2.24, 2.45) is 10.6 Å². The Labute approximate surface area is 109 Å². The maximum Gasteiger partial charge on any atom is 0.389 e. The minimum atomic E-state index is -4.41. The summed E-state index contributed by atoms with van der Waals surface area (Å²) < 4.78 is 36.4. The average molecular weight is 271 g/mol. The first-order chi connectivity index (χ1) is 8.78. The van der Waals surface area contributed by atoms with Crippen LogP contribution in [0, 0.1) is 40.4 Å². The molecule has 0 bridgehead atoms. The summed E-state index contributed by atoms with van der Waals surface area (Å²) in [5.41, 5.74) is -1.52. The van der Waals surface area contributed by atoms with Gasteiger partial charge in [0, 0.05) is 12.8 Å². The smallest absolute Gasteiger partial charge is 0.383 e. The first kappa shape index (κ1) is 16.8. The molecule has 0 heterocycles. The first-order valence-electron chi connectivity index (χ1n) is 5.27. The number of halogens is 3. The number of rotatable bonds is 6. The lowest BCUT2D eigenvalue weighted by molar-refractivity contribution is -0.138. The van der Waals surface area contributed by atoms with Crippen LogP contribution in [0.4, 0.5) is 13.2 Å². The molecule has 0 aromatic rings. The molecule has 4 nitrogen and oxygen atoms in total. The molecule has 0 aliphatic carbocycles. The Morgan fingerprint density at radius 3 is 2.26 bits per heavy atom. The van der Waals surface area contributed by atoms with E-state index in [-0.39, 0.29) is 18.7 Å². The Kier molecular flexibility index (Phi) is 6.44. The fourth-order valence-corrected chi connectivity index (χ4v) is 1.31. The third kappa shape index (κ3) is 6.95. The van der Waals surface area contributed by atoms with Crippen LogP contribution in [0.15, 0.2) is 5.16 Å². The number of nitrogens with zero attached hydrogens (tertiary/aromatic N) is 3. The van der Waals surface area contributed by atoms with E-state index in [1.807, 2.05) is 0 Å². The molecule has 0 aromatic carbocycles. The van der Waals surface area contributed by atoms with Gasteiger partial charge in [0.15, 0.2) is 6.61 Å². The molecule has 0 rings (SSSR count). The molecule has 0 radical (unpaired) electrons. The second-order valence-corrected chi connectivity index (χ2v) is 3.90. The Morgan fingerprint density at radius 1 is 1.26 bits per heavy atom. The highest BCUT2D eigenvalue weighted by Gasteiger charge is 2.37. The van der Waals surface area contributed by atoms with Crippen molar-refractivity contribution in [2.45, 2.75) is 32.4 Å². The van der Waals surface area contributed by atoms with Crippen LogP contribution >= 0.6 is 0 Å². The Balaban J connectivity index is 4.75. The lowest BCUT2D eigenvalue weighted by Crippen LogP contribution is -2.23. The molecular formula is C12H12F3N3O. The molecule has 0 fully saturated rings. The molecule has 0 aliphatic rings. The normalized spacial score (nSPS) is 12.2. The van der Waals surface area contributed by atoms with Crippen LogP contribution in [0.25, 0.3) is 0 Å². The van der Waals surface area contributed by atoms with E-state index in [0.29, 0.717) is 0 Å². The van der Waals surface area contributed by atoms with E-state index in [0.717, 1.165) is 0 Å². The van der Waals surface area contributed by atoms with E-state index in [4.69, 9.17) is 16.9 Å². The van der Waals surface area contributed by atoms with Crippen LogP contribution in [0.1, 0.15) is 26.2 Å². The van der Waals surface area contributed by atoms with Gasteiger partial charge in [-0.2, -0.15) is 23.7 Å². The number of oxime groups is 1. The monoisotopic (exact) mass is 271 g/mol. The van der Waals surface area contributed by atoms with Crippen molar-refractivity contribution in [3.63, 3.8) is 0 Å². The number of hydrogen-bond donors (Lipinski definition) is 0. The highest BCUT2D eigenvalue weighted by molar-refractivity contribution is 5.82. The third-order valence-electron chi connectivity index (χ3n) is 2.19. The second kappa shape index (κ2) is 7.28. The maximum atomic E-state index is 12.1. The molecule has 0 unspecified atom stereocenters. The summed E-state index contributed by atoms with van der Waals surface area (Å²) >= 11 is 0. The van der Waals surface area contributed by atoms with E-state index in [2.05, 4.69) is 15.9 Å². The minimum Gasteiger partial charge on any atom is -0.383 e. The van der Waals surface area contributed by atoms with Gasteiger partial charge >= 0.3 is 6.18 Å². The largest absolute Gasteiger partial charge is 0.389 e. The number of nitriles is 2. The SMILES string of the molecule is C#CCON=C(C)CC(C#N)(C#N)CCC(F)(F)F. The summed E-state index contributed by atoms with van der Waals surface area (Å²) in [6.45, 7) is 1.36. The van der Waals surface area contributed by atoms with Crippen molar-refractivity contribution in [1.29, 1.82) is 10.5 Å². The van der Waals surface area contributed by atoms with Gasteiger partial charge in [0.05, 0.1) is 17.9 Å². The van der Waals surface area contributed by atoms with Gasteiger partial charge in [0.25, 0.3) is 0 Å². The Bertz CT molecular complexity index is 435. The highest BCUT2D eigenvalue weighted by atomic mass is 19.4. The molecule has 102 valence electrons. The van der Waals surface area contributed by atoms with E-state index >= 15 is 0 Å². The van der Waals surface area contributed by atoms with Crippen LogP contribution in [-0.4, -0.2) is 18.5 Å². The van der Waals surface area contributed by atoms with Crippen LogP contribution in [-0.2, 0) is 4.84 Å². The van der Waals surface area contributed by atoms with Crippen LogP contribution in [0.3, 0.4) is 0 Å². The predicted octanol–water partition coefficient (Wildman–Crippen LogP) is 2.78. The minimum absolute atomic E-state index is 0.0913. The Hall–Kier alpha value is -2.20. The van der Waals surface area contributed by atoms with Crippen molar-refractivity contribution >= 4 is 5.71 Å². The van der Waals surface area contributed by atoms with Gasteiger partial charge in [-0.05, 0) is 13.3 Å². The summed E-state index contributed by atoms with van der Waals surface area (Å²) in [5.74, 6) is 2.15. The molecule has 0 saturated carbocycles. The molecule has 0 atom stereocenters. The number of hydrogen-bond acceptors (Lipinski definition) is 4. The Morgan fingerprint density at radius 2 is 1.84 bits per heavy atom. The van der Waals surface area contributed by atoms with Gasteiger partial charge < -0.3 is 4.84 Å². The van der Waals surface area contributed by atoms with Crippen molar-refractivity contribution in [2.75, 3.05) is 6.61 Å². The van der Waals surface area contributed by atoms with Crippen LogP contribution in [0.2, 0.25) is 0 Å². The first-order valence-corrected chi connectivity index (χ1v) is 5.27. The van der Waals surface area contributed by atoms with Gasteiger partial charge in [0.1, 0.15) is 5.41 Å². The second-order valence-electron chi connectivity index (χ2n) is 3.90. The van der Waals surface area contributed by atoms with Crippen LogP contribution in [0.5, 0.6) is 0 Å². The lowest BCUT2D eigenvalue weighted by atomic mass is 9.81. The predicted molar refractivity (Wildman–Crippen MR) is 61.5 cm³/mol. The number of alkyl halides is 3. The van der Waals surface area contributed by atoms with Crippen molar-refractivity contribution in [3.8, 4) is 24.5 Å². The van der Waals surface area contributed by atoms with E-state index in [1.54, 1.807) is 12.1 Å². The summed E-state index contributed by atoms with van der Waals surface area (Å²) in [4.78, 5) is 4.64. The van der Waals surface area contributed by atoms with Crippen molar-refractivity contribution in [1.82, 2.24) is 0 Å². The van der Waals surface area contributed by atoms with Crippen LogP contribution < -0.4 is 0 Å². The van der Waals surface area contributed by atoms with Crippen molar-refractivity contribution in [3.05, 3.63) is 0 Å². The van der Waals surface area contributed by atoms with Gasteiger partial charge in [-0.3, -0.25) is 0 Å². The lowest BCUT2D eigenvalue weighted by Gasteiger charge is -2.18. The molecule has 0 aromatic heterocycles. The average Bonchev–Trinajstić information content (AvgIpc) is 2.34. The molecule has 19 heavy (non-hydrogen) atoms. The van der Waals surface area contributed by atoms with E-state index in [1.165, 1.54) is 6.92 Å². The summed E-state index contributed by atoms with van der Waals surface area (Å²) in [6.07, 6.45) is -1.53. The zero-order chi connectivity index (χ0) is 14.9. The highest BCUT2D eigenvalue weighted by Crippen LogP contribution is 2.33. The van der Waals surface area contributed by atoms with Gasteiger partial charge in [-0.1, -0.05) is 11.1 Å². The molecule has 0 spiro atoms. The fraction of sp³-hybridized carbons (Fsp3) is 0.583. The fourth-order valence-electron chi connectivity index (χ4n) is 1.31. The number of terminal acetylenes is 1. The molecular weight excluding hydrogens is 259 g/mol. The molecule has 7 heteroatoms. The van der Waals surface area contributed by atoms with Gasteiger partial charge in [0.2, 0.25) is 0 Å². The molecule has 0 saturated heterocycles. The standard InChI is InChI=1S/C12H12F3N3O/c1-3-6-19-18-10(2)7-11(8-16,9-17)4-5-12(13,14)15/h1H,4-7H2,2H3. The quantitative estimate of drug-likeness (QED) is 0.323. The molecule has 0 N–H and O–H groups in total. The zero-order valence-corrected chi connectivity index (χ0v) is 10.3. The topological polar surface area (TPSA) is 69.2 Å². The van der Waals surface area contributed by atoms with Crippen molar-refractivity contribution < 1.29 is 18.0 Å². The third-order valence-corrected chi connectivity index (χ3v) is 2.19. The van der Waals surface area contributed by atoms with E-state index in [9.17, 15) is 13.2 Å². The maximum absolute atomic E-state index is 12.1. The van der Waals surface area contributed by atoms with E-state index < -0.39 is 24.4 Å². The summed E-state index contributed by atoms with van der Waals surface area (Å²) in [6, 6.07) is 3.24. The van der Waals surface area contributed by atoms with Gasteiger partial charge in [-0.25, -0.2) is 0 Å². The summed E-state index contributed by atoms with van der Waals surface area (Å²) in [7, 11) is 0. The summed E-state index contributed by atoms with van der Waals surface area (Å²) in [5, 5.41) is 21.4. The molecule has 0 amide bonds. The van der Waals surface area contributed by atoms with Gasteiger partial charge in [-0.15, -0.1) is 6.42 Å².